The third-order valence-electron chi connectivity index (χ3n) is 3.65. The molecule has 0 atom stereocenters. The number of methoxy groups -OCH3 is 1. The van der Waals surface area contributed by atoms with E-state index in [1.165, 1.54) is 25.3 Å². The summed E-state index contributed by atoms with van der Waals surface area (Å²) in [4.78, 5) is 23.5. The van der Waals surface area contributed by atoms with Gasteiger partial charge in [0.2, 0.25) is 0 Å². The molecule has 142 valence electrons. The Morgan fingerprint density at radius 2 is 1.61 bits per heavy atom. The first-order valence-electron chi connectivity index (χ1n) is 8.02. The van der Waals surface area contributed by atoms with Crippen molar-refractivity contribution in [1.82, 2.24) is 10.2 Å². The number of nitrogens with zero attached hydrogens (tertiary/aromatic N) is 2. The van der Waals surface area contributed by atoms with Crippen LogP contribution in [0.2, 0.25) is 0 Å². The van der Waals surface area contributed by atoms with Crippen LogP contribution in [0.25, 0.3) is 0 Å². The number of amides is 1. The molecule has 0 unspecified atom stereocenters. The molecule has 0 saturated carbocycles. The zero-order valence-corrected chi connectivity index (χ0v) is 14.6. The van der Waals surface area contributed by atoms with E-state index in [1.54, 1.807) is 24.3 Å². The molecule has 3 rings (SSSR count). The van der Waals surface area contributed by atoms with Crippen LogP contribution < -0.4 is 10.6 Å². The van der Waals surface area contributed by atoms with E-state index in [0.29, 0.717) is 17.1 Å². The van der Waals surface area contributed by atoms with Crippen LogP contribution in [0, 0.1) is 11.6 Å². The lowest BCUT2D eigenvalue weighted by atomic mass is 10.2. The minimum Gasteiger partial charge on any atom is -0.465 e. The Morgan fingerprint density at radius 1 is 0.893 bits per heavy atom. The van der Waals surface area contributed by atoms with Crippen LogP contribution in [-0.4, -0.2) is 29.2 Å². The number of carbonyl (C=O) groups is 2. The molecule has 0 aliphatic carbocycles. The van der Waals surface area contributed by atoms with Gasteiger partial charge in [-0.3, -0.25) is 4.79 Å². The number of halogens is 2. The van der Waals surface area contributed by atoms with Crippen LogP contribution in [0.1, 0.15) is 20.8 Å². The van der Waals surface area contributed by atoms with Crippen LogP contribution in [0.4, 0.5) is 26.0 Å². The molecule has 1 amide bonds. The van der Waals surface area contributed by atoms with Crippen LogP contribution >= 0.6 is 0 Å². The lowest BCUT2D eigenvalue weighted by Gasteiger charge is -2.07. The summed E-state index contributed by atoms with van der Waals surface area (Å²) in [6, 6.07) is 12.5. The van der Waals surface area contributed by atoms with Crippen molar-refractivity contribution in [2.75, 3.05) is 17.7 Å². The minimum atomic E-state index is -1.07. The summed E-state index contributed by atoms with van der Waals surface area (Å²) < 4.78 is 30.7. The average Bonchev–Trinajstić information content (AvgIpc) is 2.71. The van der Waals surface area contributed by atoms with Gasteiger partial charge in [0, 0.05) is 17.4 Å². The average molecular weight is 384 g/mol. The minimum absolute atomic E-state index is 0.00341. The van der Waals surface area contributed by atoms with Gasteiger partial charge in [0.05, 0.1) is 12.7 Å². The third kappa shape index (κ3) is 4.44. The molecule has 28 heavy (non-hydrogen) atoms. The van der Waals surface area contributed by atoms with E-state index in [4.69, 9.17) is 0 Å². The monoisotopic (exact) mass is 384 g/mol. The van der Waals surface area contributed by atoms with Gasteiger partial charge in [-0.15, -0.1) is 10.2 Å². The smallest absolute Gasteiger partial charge is 0.337 e. The summed E-state index contributed by atoms with van der Waals surface area (Å²) in [7, 11) is 1.30. The van der Waals surface area contributed by atoms with Gasteiger partial charge in [-0.1, -0.05) is 0 Å². The van der Waals surface area contributed by atoms with Crippen molar-refractivity contribution < 1.29 is 23.1 Å². The van der Waals surface area contributed by atoms with E-state index in [1.807, 2.05) is 0 Å². The number of anilines is 3. The number of hydrogen-bond acceptors (Lipinski definition) is 6. The molecular weight excluding hydrogens is 370 g/mol. The summed E-state index contributed by atoms with van der Waals surface area (Å²) >= 11 is 0. The Balaban J connectivity index is 1.64. The number of carbonyl (C=O) groups excluding carboxylic acids is 2. The van der Waals surface area contributed by atoms with Crippen LogP contribution in [-0.2, 0) is 4.74 Å². The zero-order chi connectivity index (χ0) is 20.1. The Kier molecular flexibility index (Phi) is 5.54. The predicted molar refractivity (Wildman–Crippen MR) is 97.4 cm³/mol. The quantitative estimate of drug-likeness (QED) is 0.654. The Morgan fingerprint density at radius 3 is 2.21 bits per heavy atom. The van der Waals surface area contributed by atoms with Gasteiger partial charge in [0.25, 0.3) is 5.91 Å². The van der Waals surface area contributed by atoms with Crippen LogP contribution in [0.5, 0.6) is 0 Å². The largest absolute Gasteiger partial charge is 0.465 e. The van der Waals surface area contributed by atoms with Crippen molar-refractivity contribution in [3.8, 4) is 0 Å². The van der Waals surface area contributed by atoms with Crippen molar-refractivity contribution in [1.29, 1.82) is 0 Å². The zero-order valence-electron chi connectivity index (χ0n) is 14.6. The number of rotatable bonds is 5. The van der Waals surface area contributed by atoms with E-state index in [2.05, 4.69) is 25.6 Å². The molecule has 0 fully saturated rings. The van der Waals surface area contributed by atoms with Gasteiger partial charge < -0.3 is 15.4 Å². The molecule has 0 saturated heterocycles. The first-order chi connectivity index (χ1) is 13.5. The molecule has 7 nitrogen and oxygen atoms in total. The molecule has 3 aromatic rings. The fraction of sp³-hybridized carbons (Fsp3) is 0.0526. The van der Waals surface area contributed by atoms with E-state index < -0.39 is 23.5 Å². The molecule has 0 aliphatic heterocycles. The Hall–Kier alpha value is -3.88. The van der Waals surface area contributed by atoms with Crippen LogP contribution in [0.3, 0.4) is 0 Å². The second-order valence-corrected chi connectivity index (χ2v) is 5.58. The summed E-state index contributed by atoms with van der Waals surface area (Å²) in [5.41, 5.74) is 1.15. The summed E-state index contributed by atoms with van der Waals surface area (Å²) in [5.74, 6) is -2.76. The fourth-order valence-corrected chi connectivity index (χ4v) is 2.24. The van der Waals surface area contributed by atoms with Crippen LogP contribution in [0.15, 0.2) is 54.6 Å². The molecular formula is C19H14F2N4O3. The molecule has 0 spiro atoms. The lowest BCUT2D eigenvalue weighted by molar-refractivity contribution is 0.0600. The van der Waals surface area contributed by atoms with Crippen molar-refractivity contribution in [3.63, 3.8) is 0 Å². The van der Waals surface area contributed by atoms with Gasteiger partial charge in [-0.25, -0.2) is 13.6 Å². The van der Waals surface area contributed by atoms with Crippen molar-refractivity contribution in [3.05, 3.63) is 77.5 Å². The second kappa shape index (κ2) is 8.21. The van der Waals surface area contributed by atoms with E-state index in [0.717, 1.165) is 12.1 Å². The molecule has 9 heteroatoms. The van der Waals surface area contributed by atoms with Gasteiger partial charge in [0.1, 0.15) is 0 Å². The molecule has 2 N–H and O–H groups in total. The van der Waals surface area contributed by atoms with Gasteiger partial charge >= 0.3 is 5.97 Å². The highest BCUT2D eigenvalue weighted by molar-refractivity contribution is 6.02. The summed E-state index contributed by atoms with van der Waals surface area (Å²) in [5, 5.41) is 13.1. The standard InChI is InChI=1S/C19H14F2N4O3/c1-28-19(27)11-2-4-12(5-3-11)22-17-9-8-16(24-25-17)18(26)23-13-6-7-14(20)15(21)10-13/h2-10H,1H3,(H,22,25)(H,23,26). The number of aromatic nitrogens is 2. The van der Waals surface area contributed by atoms with Gasteiger partial charge in [-0.05, 0) is 48.5 Å². The normalized spacial score (nSPS) is 10.2. The van der Waals surface area contributed by atoms with Gasteiger partial charge in [0.15, 0.2) is 23.1 Å². The Bertz CT molecular complexity index is 1010. The Labute approximate surface area is 158 Å². The number of ether oxygens (including phenoxy) is 1. The highest BCUT2D eigenvalue weighted by Gasteiger charge is 2.11. The summed E-state index contributed by atoms with van der Waals surface area (Å²) in [6.45, 7) is 0. The topological polar surface area (TPSA) is 93.2 Å². The van der Waals surface area contributed by atoms with E-state index in [-0.39, 0.29) is 11.4 Å². The van der Waals surface area contributed by atoms with Crippen molar-refractivity contribution >= 4 is 29.1 Å². The maximum atomic E-state index is 13.2. The first-order valence-corrected chi connectivity index (χ1v) is 8.02. The summed E-state index contributed by atoms with van der Waals surface area (Å²) in [6.07, 6.45) is 0. The predicted octanol–water partition coefficient (Wildman–Crippen LogP) is 3.54. The number of hydrogen-bond donors (Lipinski definition) is 2. The fourth-order valence-electron chi connectivity index (χ4n) is 2.24. The molecule has 0 aliphatic rings. The highest BCUT2D eigenvalue weighted by Crippen LogP contribution is 2.17. The molecule has 1 heterocycles. The maximum Gasteiger partial charge on any atom is 0.337 e. The second-order valence-electron chi connectivity index (χ2n) is 5.58. The van der Waals surface area contributed by atoms with Crippen molar-refractivity contribution in [2.45, 2.75) is 0 Å². The van der Waals surface area contributed by atoms with Crippen molar-refractivity contribution in [2.24, 2.45) is 0 Å². The van der Waals surface area contributed by atoms with E-state index in [9.17, 15) is 18.4 Å². The van der Waals surface area contributed by atoms with Gasteiger partial charge in [-0.2, -0.15) is 0 Å². The molecule has 0 bridgehead atoms. The lowest BCUT2D eigenvalue weighted by Crippen LogP contribution is -2.14. The number of esters is 1. The third-order valence-corrected chi connectivity index (χ3v) is 3.65. The number of nitrogens with one attached hydrogen (secondary N) is 2. The highest BCUT2D eigenvalue weighted by atomic mass is 19.2. The van der Waals surface area contributed by atoms with E-state index >= 15 is 0 Å². The molecule has 0 radical (unpaired) electrons. The first kappa shape index (κ1) is 18.9. The SMILES string of the molecule is COC(=O)c1ccc(Nc2ccc(C(=O)Nc3ccc(F)c(F)c3)nn2)cc1. The molecule has 2 aromatic carbocycles. The maximum absolute atomic E-state index is 13.2. The number of benzene rings is 2. The molecule has 1 aromatic heterocycles.